The Balaban J connectivity index is 1.90. The predicted octanol–water partition coefficient (Wildman–Crippen LogP) is 1.42. The Labute approximate surface area is 102 Å². The summed E-state index contributed by atoms with van der Waals surface area (Å²) < 4.78 is 5.38. The molecule has 2 unspecified atom stereocenters. The van der Waals surface area contributed by atoms with Gasteiger partial charge in [-0.05, 0) is 12.8 Å². The normalized spacial score (nSPS) is 36.4. The van der Waals surface area contributed by atoms with Gasteiger partial charge in [0.25, 0.3) is 0 Å². The number of nitrogens with zero attached hydrogens (tertiary/aromatic N) is 1. The van der Waals surface area contributed by atoms with E-state index in [0.717, 1.165) is 44.2 Å². The Morgan fingerprint density at radius 1 is 1.62 bits per heavy atom. The molecule has 16 heavy (non-hydrogen) atoms. The topological polar surface area (TPSA) is 29.5 Å². The molecular weight excluding hydrogens is 222 g/mol. The van der Waals surface area contributed by atoms with E-state index in [9.17, 15) is 4.79 Å². The van der Waals surface area contributed by atoms with Gasteiger partial charge in [-0.2, -0.15) is 11.8 Å². The average Bonchev–Trinajstić information content (AvgIpc) is 2.78. The number of carbonyl (C=O) groups is 1. The van der Waals surface area contributed by atoms with E-state index in [1.165, 1.54) is 12.2 Å². The molecule has 0 saturated carbocycles. The zero-order valence-electron chi connectivity index (χ0n) is 9.98. The predicted molar refractivity (Wildman–Crippen MR) is 66.9 cm³/mol. The molecule has 0 aromatic heterocycles. The van der Waals surface area contributed by atoms with Crippen LogP contribution >= 0.6 is 11.8 Å². The molecule has 2 aliphatic rings. The first-order valence-corrected chi connectivity index (χ1v) is 7.21. The van der Waals surface area contributed by atoms with Gasteiger partial charge in [0, 0.05) is 37.2 Å². The summed E-state index contributed by atoms with van der Waals surface area (Å²) in [6.45, 7) is 6.77. The molecule has 3 nitrogen and oxygen atoms in total. The van der Waals surface area contributed by atoms with Crippen LogP contribution < -0.4 is 0 Å². The van der Waals surface area contributed by atoms with Crippen molar-refractivity contribution in [3.05, 3.63) is 0 Å². The van der Waals surface area contributed by atoms with E-state index in [1.807, 2.05) is 0 Å². The van der Waals surface area contributed by atoms with Crippen LogP contribution in [0.2, 0.25) is 0 Å². The summed E-state index contributed by atoms with van der Waals surface area (Å²) in [7, 11) is 0. The van der Waals surface area contributed by atoms with Gasteiger partial charge in [0.15, 0.2) is 0 Å². The van der Waals surface area contributed by atoms with E-state index in [-0.39, 0.29) is 5.41 Å². The largest absolute Gasteiger partial charge is 0.380 e. The smallest absolute Gasteiger partial charge is 0.129 e. The molecule has 0 spiro atoms. The third-order valence-electron chi connectivity index (χ3n) is 3.60. The van der Waals surface area contributed by atoms with Crippen LogP contribution in [0.15, 0.2) is 0 Å². The summed E-state index contributed by atoms with van der Waals surface area (Å²) in [5.41, 5.74) is -0.208. The van der Waals surface area contributed by atoms with Crippen LogP contribution in [0.3, 0.4) is 0 Å². The van der Waals surface area contributed by atoms with Gasteiger partial charge < -0.3 is 14.4 Å². The zero-order chi connectivity index (χ0) is 11.4. The highest BCUT2D eigenvalue weighted by molar-refractivity contribution is 8.00. The fourth-order valence-corrected chi connectivity index (χ4v) is 3.74. The van der Waals surface area contributed by atoms with Gasteiger partial charge in [0.05, 0.1) is 12.0 Å². The highest BCUT2D eigenvalue weighted by Gasteiger charge is 2.37. The van der Waals surface area contributed by atoms with Gasteiger partial charge >= 0.3 is 0 Å². The molecule has 2 rings (SSSR count). The number of thioether (sulfide) groups is 1. The Kier molecular flexibility index (Phi) is 4.27. The van der Waals surface area contributed by atoms with Crippen LogP contribution in [0.25, 0.3) is 0 Å². The summed E-state index contributed by atoms with van der Waals surface area (Å²) in [4.78, 5) is 13.7. The maximum Gasteiger partial charge on any atom is 0.129 e. The van der Waals surface area contributed by atoms with Crippen LogP contribution in [-0.2, 0) is 9.53 Å². The van der Waals surface area contributed by atoms with Crippen molar-refractivity contribution >= 4 is 18.0 Å². The molecule has 0 aromatic rings. The van der Waals surface area contributed by atoms with E-state index in [4.69, 9.17) is 4.74 Å². The minimum absolute atomic E-state index is 0.208. The van der Waals surface area contributed by atoms with Gasteiger partial charge in [-0.25, -0.2) is 0 Å². The molecule has 2 aliphatic heterocycles. The molecule has 2 heterocycles. The van der Waals surface area contributed by atoms with Gasteiger partial charge in [0.2, 0.25) is 0 Å². The van der Waals surface area contributed by atoms with E-state index in [0.29, 0.717) is 6.61 Å². The van der Waals surface area contributed by atoms with E-state index in [1.54, 1.807) is 0 Å². The summed E-state index contributed by atoms with van der Waals surface area (Å²) in [5, 5.41) is 0.750. The highest BCUT2D eigenvalue weighted by Crippen LogP contribution is 2.30. The van der Waals surface area contributed by atoms with E-state index < -0.39 is 0 Å². The second-order valence-corrected chi connectivity index (χ2v) is 6.33. The number of hydrogen-bond acceptors (Lipinski definition) is 4. The average molecular weight is 243 g/mol. The van der Waals surface area contributed by atoms with E-state index in [2.05, 4.69) is 23.6 Å². The quantitative estimate of drug-likeness (QED) is 0.699. The molecule has 2 saturated heterocycles. The molecule has 0 bridgehead atoms. The Hall–Kier alpha value is -0.0600. The number of ether oxygens (including phenoxy) is 1. The maximum absolute atomic E-state index is 11.2. The lowest BCUT2D eigenvalue weighted by molar-refractivity contribution is -0.117. The number of hydrogen-bond donors (Lipinski definition) is 0. The van der Waals surface area contributed by atoms with Crippen molar-refractivity contribution in [3.8, 4) is 0 Å². The lowest BCUT2D eigenvalue weighted by Crippen LogP contribution is -2.45. The standard InChI is InChI=1S/C12H21NO2S/c1-2-11-7-13(4-6-16-11)8-12(9-14)3-5-15-10-12/h9,11H,2-8,10H2,1H3. The van der Waals surface area contributed by atoms with Crippen LogP contribution in [0.1, 0.15) is 19.8 Å². The number of carbonyl (C=O) groups excluding carboxylic acids is 1. The molecule has 92 valence electrons. The van der Waals surface area contributed by atoms with Crippen molar-refractivity contribution in [3.63, 3.8) is 0 Å². The third-order valence-corrected chi connectivity index (χ3v) is 4.97. The van der Waals surface area contributed by atoms with Crippen molar-refractivity contribution < 1.29 is 9.53 Å². The summed E-state index contributed by atoms with van der Waals surface area (Å²) in [5.74, 6) is 1.20. The number of rotatable bonds is 4. The molecule has 0 radical (unpaired) electrons. The lowest BCUT2D eigenvalue weighted by Gasteiger charge is -2.36. The molecule has 0 aromatic carbocycles. The monoisotopic (exact) mass is 243 g/mol. The first-order valence-electron chi connectivity index (χ1n) is 6.16. The first kappa shape index (κ1) is 12.4. The van der Waals surface area contributed by atoms with Crippen molar-refractivity contribution in [2.75, 3.05) is 38.6 Å². The van der Waals surface area contributed by atoms with Crippen LogP contribution in [0.5, 0.6) is 0 Å². The second-order valence-electron chi connectivity index (χ2n) is 4.92. The minimum atomic E-state index is -0.208. The van der Waals surface area contributed by atoms with E-state index >= 15 is 0 Å². The van der Waals surface area contributed by atoms with Crippen molar-refractivity contribution in [2.45, 2.75) is 25.0 Å². The summed E-state index contributed by atoms with van der Waals surface area (Å²) in [6.07, 6.45) is 3.26. The summed E-state index contributed by atoms with van der Waals surface area (Å²) >= 11 is 2.07. The Morgan fingerprint density at radius 2 is 2.50 bits per heavy atom. The van der Waals surface area contributed by atoms with Crippen LogP contribution in [-0.4, -0.2) is 55.0 Å². The Bertz CT molecular complexity index is 241. The molecule has 2 fully saturated rings. The van der Waals surface area contributed by atoms with Crippen LogP contribution in [0, 0.1) is 5.41 Å². The van der Waals surface area contributed by atoms with Gasteiger partial charge in [-0.1, -0.05) is 6.92 Å². The van der Waals surface area contributed by atoms with Crippen molar-refractivity contribution in [1.29, 1.82) is 0 Å². The third kappa shape index (κ3) is 2.79. The highest BCUT2D eigenvalue weighted by atomic mass is 32.2. The van der Waals surface area contributed by atoms with Crippen molar-refractivity contribution in [2.24, 2.45) is 5.41 Å². The molecule has 0 amide bonds. The molecule has 2 atom stereocenters. The molecule has 4 heteroatoms. The SMILES string of the molecule is CCC1CN(CC2(C=O)CCOC2)CCS1. The molecule has 0 N–H and O–H groups in total. The zero-order valence-corrected chi connectivity index (χ0v) is 10.8. The minimum Gasteiger partial charge on any atom is -0.380 e. The second kappa shape index (κ2) is 5.52. The lowest BCUT2D eigenvalue weighted by atomic mass is 9.88. The Morgan fingerprint density at radius 3 is 3.12 bits per heavy atom. The summed E-state index contributed by atoms with van der Waals surface area (Å²) in [6, 6.07) is 0. The van der Waals surface area contributed by atoms with Gasteiger partial charge in [-0.15, -0.1) is 0 Å². The van der Waals surface area contributed by atoms with Gasteiger partial charge in [-0.3, -0.25) is 0 Å². The van der Waals surface area contributed by atoms with Gasteiger partial charge in [0.1, 0.15) is 6.29 Å². The fraction of sp³-hybridized carbons (Fsp3) is 0.917. The molecular formula is C12H21NO2S. The molecule has 0 aliphatic carbocycles. The van der Waals surface area contributed by atoms with Crippen LogP contribution in [0.4, 0.5) is 0 Å². The maximum atomic E-state index is 11.2. The fourth-order valence-electron chi connectivity index (χ4n) is 2.49. The number of aldehydes is 1. The first-order chi connectivity index (χ1) is 7.78. The van der Waals surface area contributed by atoms with Crippen molar-refractivity contribution in [1.82, 2.24) is 4.90 Å².